The highest BCUT2D eigenvalue weighted by molar-refractivity contribution is 6.05. The van der Waals surface area contributed by atoms with Gasteiger partial charge in [-0.2, -0.15) is 0 Å². The van der Waals surface area contributed by atoms with Gasteiger partial charge in [-0.05, 0) is 39.0 Å². The van der Waals surface area contributed by atoms with Crippen LogP contribution in [0, 0.1) is 0 Å². The summed E-state index contributed by atoms with van der Waals surface area (Å²) in [5.74, 6) is 0. The van der Waals surface area contributed by atoms with E-state index in [4.69, 9.17) is 4.42 Å². The van der Waals surface area contributed by atoms with Crippen LogP contribution in [0.2, 0.25) is 0 Å². The van der Waals surface area contributed by atoms with Crippen LogP contribution < -0.4 is 4.90 Å². The van der Waals surface area contributed by atoms with E-state index >= 15 is 0 Å². The van der Waals surface area contributed by atoms with E-state index in [-0.39, 0.29) is 0 Å². The molecule has 0 aliphatic heterocycles. The summed E-state index contributed by atoms with van der Waals surface area (Å²) >= 11 is 0. The minimum absolute atomic E-state index is 0.923. The molecule has 0 N–H and O–H groups in total. The van der Waals surface area contributed by atoms with Crippen LogP contribution in [0.15, 0.2) is 70.9 Å². The highest BCUT2D eigenvalue weighted by Crippen LogP contribution is 2.32. The Labute approximate surface area is 125 Å². The Morgan fingerprint density at radius 2 is 1.76 bits per heavy atom. The van der Waals surface area contributed by atoms with Gasteiger partial charge in [0.1, 0.15) is 11.2 Å². The number of furan rings is 1. The molecular formula is C19H19NO. The van der Waals surface area contributed by atoms with Crippen molar-refractivity contribution >= 4 is 27.6 Å². The van der Waals surface area contributed by atoms with Crippen LogP contribution >= 0.6 is 0 Å². The zero-order chi connectivity index (χ0) is 14.8. The van der Waals surface area contributed by atoms with Gasteiger partial charge in [0, 0.05) is 34.4 Å². The first-order valence-electron chi connectivity index (χ1n) is 7.21. The maximum absolute atomic E-state index is 5.96. The number of hydrogen-bond acceptors (Lipinski definition) is 2. The summed E-state index contributed by atoms with van der Waals surface area (Å²) in [5.41, 5.74) is 4.15. The molecule has 0 aliphatic carbocycles. The molecule has 0 spiro atoms. The topological polar surface area (TPSA) is 16.4 Å². The van der Waals surface area contributed by atoms with Crippen LogP contribution in [-0.2, 0) is 0 Å². The number of rotatable bonds is 3. The molecule has 0 fully saturated rings. The lowest BCUT2D eigenvalue weighted by Gasteiger charge is -2.21. The maximum atomic E-state index is 5.96. The molecule has 2 nitrogen and oxygen atoms in total. The van der Waals surface area contributed by atoms with Gasteiger partial charge < -0.3 is 9.32 Å². The monoisotopic (exact) mass is 277 g/mol. The molecule has 2 aromatic carbocycles. The number of nitrogens with zero attached hydrogens (tertiary/aromatic N) is 1. The van der Waals surface area contributed by atoms with E-state index in [0.717, 1.165) is 22.2 Å². The van der Waals surface area contributed by atoms with Crippen LogP contribution in [0.1, 0.15) is 20.8 Å². The third-order valence-electron chi connectivity index (χ3n) is 3.74. The molecule has 2 heteroatoms. The number of anilines is 1. The summed E-state index contributed by atoms with van der Waals surface area (Å²) in [5, 5.41) is 2.33. The number of para-hydroxylation sites is 1. The normalized spacial score (nSPS) is 12.6. The van der Waals surface area contributed by atoms with Crippen molar-refractivity contribution in [2.75, 3.05) is 4.90 Å². The van der Waals surface area contributed by atoms with Gasteiger partial charge in [0.25, 0.3) is 0 Å². The number of hydrogen-bond donors (Lipinski definition) is 0. The molecule has 0 amide bonds. The zero-order valence-corrected chi connectivity index (χ0v) is 12.6. The first-order chi connectivity index (χ1) is 10.2. The van der Waals surface area contributed by atoms with Crippen molar-refractivity contribution in [3.05, 3.63) is 66.5 Å². The highest BCUT2D eigenvalue weighted by atomic mass is 16.3. The van der Waals surface area contributed by atoms with Crippen LogP contribution in [-0.4, -0.2) is 0 Å². The second-order valence-electron chi connectivity index (χ2n) is 5.06. The molecule has 0 bridgehead atoms. The van der Waals surface area contributed by atoms with Gasteiger partial charge in [-0.25, -0.2) is 0 Å². The van der Waals surface area contributed by atoms with Crippen molar-refractivity contribution in [1.29, 1.82) is 0 Å². The number of benzene rings is 2. The van der Waals surface area contributed by atoms with Crippen molar-refractivity contribution in [3.63, 3.8) is 0 Å². The third-order valence-corrected chi connectivity index (χ3v) is 3.74. The summed E-state index contributed by atoms with van der Waals surface area (Å²) in [7, 11) is 0. The Balaban J connectivity index is 2.18. The summed E-state index contributed by atoms with van der Waals surface area (Å²) < 4.78 is 5.96. The minimum atomic E-state index is 0.923. The Hall–Kier alpha value is -2.48. The van der Waals surface area contributed by atoms with Crippen molar-refractivity contribution < 1.29 is 4.42 Å². The highest BCUT2D eigenvalue weighted by Gasteiger charge is 2.10. The summed E-state index contributed by atoms with van der Waals surface area (Å²) in [6.45, 7) is 6.17. The fraction of sp³-hybridized carbons (Fsp3) is 0.158. The summed E-state index contributed by atoms with van der Waals surface area (Å²) in [4.78, 5) is 2.16. The molecule has 0 saturated carbocycles. The third kappa shape index (κ3) is 2.33. The Kier molecular flexibility index (Phi) is 3.53. The van der Waals surface area contributed by atoms with Crippen molar-refractivity contribution in [3.8, 4) is 0 Å². The van der Waals surface area contributed by atoms with Crippen molar-refractivity contribution in [2.24, 2.45) is 0 Å². The van der Waals surface area contributed by atoms with Crippen molar-refractivity contribution in [1.82, 2.24) is 0 Å². The van der Waals surface area contributed by atoms with E-state index in [1.54, 1.807) is 0 Å². The molecule has 0 radical (unpaired) electrons. The van der Waals surface area contributed by atoms with Gasteiger partial charge in [-0.3, -0.25) is 0 Å². The molecule has 1 heterocycles. The van der Waals surface area contributed by atoms with Gasteiger partial charge in [0.2, 0.25) is 0 Å². The lowest BCUT2D eigenvalue weighted by atomic mass is 10.1. The first kappa shape index (κ1) is 13.5. The average molecular weight is 277 g/mol. The zero-order valence-electron chi connectivity index (χ0n) is 12.6. The molecule has 106 valence electrons. The van der Waals surface area contributed by atoms with E-state index in [0.29, 0.717) is 0 Å². The first-order valence-corrected chi connectivity index (χ1v) is 7.21. The van der Waals surface area contributed by atoms with Gasteiger partial charge in [0.15, 0.2) is 0 Å². The minimum Gasteiger partial charge on any atom is -0.456 e. The summed E-state index contributed by atoms with van der Waals surface area (Å²) in [6, 6.07) is 14.5. The fourth-order valence-corrected chi connectivity index (χ4v) is 2.56. The molecular weight excluding hydrogens is 258 g/mol. The smallest absolute Gasteiger partial charge is 0.137 e. The van der Waals surface area contributed by atoms with Gasteiger partial charge >= 0.3 is 0 Å². The fourth-order valence-electron chi connectivity index (χ4n) is 2.56. The second-order valence-corrected chi connectivity index (χ2v) is 5.06. The van der Waals surface area contributed by atoms with E-state index in [1.165, 1.54) is 11.1 Å². The average Bonchev–Trinajstić information content (AvgIpc) is 2.89. The van der Waals surface area contributed by atoms with E-state index in [1.807, 2.05) is 38.1 Å². The summed E-state index contributed by atoms with van der Waals surface area (Å²) in [6.07, 6.45) is 6.21. The van der Waals surface area contributed by atoms with E-state index < -0.39 is 0 Å². The molecule has 1 aromatic heterocycles. The predicted octanol–water partition coefficient (Wildman–Crippen LogP) is 5.85. The van der Waals surface area contributed by atoms with Crippen LogP contribution in [0.25, 0.3) is 21.9 Å². The lowest BCUT2D eigenvalue weighted by Crippen LogP contribution is -2.12. The Morgan fingerprint density at radius 1 is 1.00 bits per heavy atom. The van der Waals surface area contributed by atoms with E-state index in [2.05, 4.69) is 48.4 Å². The van der Waals surface area contributed by atoms with Crippen LogP contribution in [0.5, 0.6) is 0 Å². The van der Waals surface area contributed by atoms with E-state index in [9.17, 15) is 0 Å². The van der Waals surface area contributed by atoms with Gasteiger partial charge in [-0.1, -0.05) is 30.4 Å². The molecule has 3 aromatic rings. The second kappa shape index (κ2) is 5.49. The van der Waals surface area contributed by atoms with Gasteiger partial charge in [0.05, 0.1) is 0 Å². The van der Waals surface area contributed by atoms with Gasteiger partial charge in [-0.15, -0.1) is 0 Å². The number of fused-ring (bicyclic) bond motifs is 3. The molecule has 3 rings (SSSR count). The lowest BCUT2D eigenvalue weighted by molar-refractivity contribution is 0.669. The predicted molar refractivity (Wildman–Crippen MR) is 90.4 cm³/mol. The Morgan fingerprint density at radius 3 is 2.52 bits per heavy atom. The van der Waals surface area contributed by atoms with Crippen LogP contribution in [0.4, 0.5) is 5.69 Å². The van der Waals surface area contributed by atoms with Crippen LogP contribution in [0.3, 0.4) is 0 Å². The quantitative estimate of drug-likeness (QED) is 0.597. The Bertz CT molecular complexity index is 839. The molecule has 0 atom stereocenters. The standard InChI is InChI=1S/C19H19NO/c1-4-12-20(14(3)5-2)15-10-11-17-16-8-6-7-9-18(16)21-19(17)13-15/h4-13H,1-3H3/b12-4+,14-5+. The molecule has 0 aliphatic rings. The number of allylic oxidation sites excluding steroid dienone is 3. The molecule has 0 saturated heterocycles. The SMILES string of the molecule is C/C=C/N(/C(C)=C/C)c1ccc2c(c1)oc1ccccc12. The molecule has 0 unspecified atom stereocenters. The molecule has 21 heavy (non-hydrogen) atoms. The van der Waals surface area contributed by atoms with Crippen molar-refractivity contribution in [2.45, 2.75) is 20.8 Å². The maximum Gasteiger partial charge on any atom is 0.137 e. The largest absolute Gasteiger partial charge is 0.456 e.